The first kappa shape index (κ1) is 16.0. The number of hydrogen-bond acceptors (Lipinski definition) is 4. The lowest BCUT2D eigenvalue weighted by molar-refractivity contribution is -0.134. The molecule has 0 saturated heterocycles. The van der Waals surface area contributed by atoms with E-state index in [0.717, 1.165) is 34.6 Å². The fraction of sp³-hybridized carbons (Fsp3) is 0.350. The van der Waals surface area contributed by atoms with E-state index in [0.29, 0.717) is 26.2 Å². The lowest BCUT2D eigenvalue weighted by Gasteiger charge is -2.28. The number of amides is 1. The summed E-state index contributed by atoms with van der Waals surface area (Å²) in [6.07, 6.45) is 1.20. The van der Waals surface area contributed by atoms with E-state index in [9.17, 15) is 9.90 Å². The molecule has 1 unspecified atom stereocenters. The van der Waals surface area contributed by atoms with Crippen LogP contribution in [0.1, 0.15) is 22.7 Å². The number of hydrogen-bond donors (Lipinski definition) is 1. The third-order valence-corrected chi connectivity index (χ3v) is 4.85. The van der Waals surface area contributed by atoms with Gasteiger partial charge >= 0.3 is 0 Å². The average Bonchev–Trinajstić information content (AvgIpc) is 3.01. The number of ether oxygens (including phenoxy) is 2. The first-order valence-electron chi connectivity index (χ1n) is 8.63. The van der Waals surface area contributed by atoms with E-state index in [1.54, 1.807) is 4.90 Å². The zero-order chi connectivity index (χ0) is 17.2. The van der Waals surface area contributed by atoms with Crippen molar-refractivity contribution in [3.05, 3.63) is 59.2 Å². The maximum absolute atomic E-state index is 12.9. The quantitative estimate of drug-likeness (QED) is 0.931. The maximum Gasteiger partial charge on any atom is 0.227 e. The Morgan fingerprint density at radius 2 is 1.96 bits per heavy atom. The van der Waals surface area contributed by atoms with Gasteiger partial charge in [-0.25, -0.2) is 0 Å². The maximum atomic E-state index is 12.9. The molecule has 2 aliphatic rings. The van der Waals surface area contributed by atoms with Gasteiger partial charge in [0.25, 0.3) is 0 Å². The van der Waals surface area contributed by atoms with Gasteiger partial charge in [-0.2, -0.15) is 0 Å². The number of nitrogens with zero attached hydrogens (tertiary/aromatic N) is 1. The number of fused-ring (bicyclic) bond motifs is 2. The number of aliphatic hydroxyl groups excluding tert-OH is 1. The van der Waals surface area contributed by atoms with Crippen LogP contribution in [0.2, 0.25) is 0 Å². The summed E-state index contributed by atoms with van der Waals surface area (Å²) in [5.74, 6) is 1.66. The van der Waals surface area contributed by atoms with Crippen LogP contribution in [-0.4, -0.2) is 42.3 Å². The Labute approximate surface area is 146 Å². The molecule has 2 aromatic carbocycles. The topological polar surface area (TPSA) is 59.0 Å². The molecule has 0 fully saturated rings. The first-order valence-corrected chi connectivity index (χ1v) is 8.63. The van der Waals surface area contributed by atoms with Gasteiger partial charge in [-0.1, -0.05) is 30.3 Å². The number of rotatable bonds is 3. The minimum atomic E-state index is -0.371. The van der Waals surface area contributed by atoms with Crippen molar-refractivity contribution in [3.63, 3.8) is 0 Å². The third-order valence-electron chi connectivity index (χ3n) is 4.85. The van der Waals surface area contributed by atoms with Crippen LogP contribution in [-0.2, 0) is 17.6 Å². The van der Waals surface area contributed by atoms with E-state index in [1.165, 1.54) is 0 Å². The zero-order valence-corrected chi connectivity index (χ0v) is 14.0. The summed E-state index contributed by atoms with van der Waals surface area (Å²) in [6, 6.07) is 13.2. The fourth-order valence-electron chi connectivity index (χ4n) is 3.59. The lowest BCUT2D eigenvalue weighted by Crippen LogP contribution is -2.38. The fourth-order valence-corrected chi connectivity index (χ4v) is 3.59. The first-order chi connectivity index (χ1) is 12.3. The molecule has 0 saturated carbocycles. The Kier molecular flexibility index (Phi) is 4.32. The van der Waals surface area contributed by atoms with Gasteiger partial charge in [0.15, 0.2) is 0 Å². The molecule has 5 nitrogen and oxygen atoms in total. The Balaban J connectivity index is 1.56. The SMILES string of the molecule is O=C(Cc1ccc2c(c1)CCO2)N1CCOc2ccccc2C1CO. The Morgan fingerprint density at radius 3 is 2.84 bits per heavy atom. The van der Waals surface area contributed by atoms with Crippen LogP contribution in [0.4, 0.5) is 0 Å². The van der Waals surface area contributed by atoms with Gasteiger partial charge in [-0.15, -0.1) is 0 Å². The molecule has 2 aliphatic heterocycles. The van der Waals surface area contributed by atoms with Crippen LogP contribution >= 0.6 is 0 Å². The number of carbonyl (C=O) groups is 1. The summed E-state index contributed by atoms with van der Waals surface area (Å²) in [5.41, 5.74) is 3.00. The van der Waals surface area contributed by atoms with Gasteiger partial charge in [-0.05, 0) is 23.3 Å². The van der Waals surface area contributed by atoms with Crippen LogP contribution in [0.3, 0.4) is 0 Å². The predicted octanol–water partition coefficient (Wildman–Crippen LogP) is 2.12. The molecule has 25 heavy (non-hydrogen) atoms. The highest BCUT2D eigenvalue weighted by molar-refractivity contribution is 5.79. The average molecular weight is 339 g/mol. The minimum Gasteiger partial charge on any atom is -0.493 e. The van der Waals surface area contributed by atoms with E-state index < -0.39 is 0 Å². The summed E-state index contributed by atoms with van der Waals surface area (Å²) in [5, 5.41) is 9.91. The van der Waals surface area contributed by atoms with Gasteiger partial charge in [0.2, 0.25) is 5.91 Å². The van der Waals surface area contributed by atoms with Crippen molar-refractivity contribution in [2.45, 2.75) is 18.9 Å². The Hall–Kier alpha value is -2.53. The van der Waals surface area contributed by atoms with E-state index in [2.05, 4.69) is 6.07 Å². The summed E-state index contributed by atoms with van der Waals surface area (Å²) in [6.45, 7) is 1.48. The highest BCUT2D eigenvalue weighted by Crippen LogP contribution is 2.32. The molecule has 2 aromatic rings. The molecular formula is C20H21NO4. The van der Waals surface area contributed by atoms with Crippen LogP contribution in [0, 0.1) is 0 Å². The Bertz CT molecular complexity index is 789. The smallest absolute Gasteiger partial charge is 0.227 e. The molecule has 2 heterocycles. The number of benzene rings is 2. The van der Waals surface area contributed by atoms with Gasteiger partial charge in [0.1, 0.15) is 18.1 Å². The molecule has 0 aromatic heterocycles. The van der Waals surface area contributed by atoms with E-state index >= 15 is 0 Å². The molecule has 1 atom stereocenters. The lowest BCUT2D eigenvalue weighted by atomic mass is 10.0. The predicted molar refractivity (Wildman–Crippen MR) is 92.8 cm³/mol. The number of carbonyl (C=O) groups excluding carboxylic acids is 1. The van der Waals surface area contributed by atoms with Gasteiger partial charge in [0, 0.05) is 12.0 Å². The van der Waals surface area contributed by atoms with Crippen LogP contribution in [0.25, 0.3) is 0 Å². The normalized spacial score (nSPS) is 18.6. The molecule has 1 amide bonds. The number of para-hydroxylation sites is 1. The second kappa shape index (κ2) is 6.76. The molecule has 1 N–H and O–H groups in total. The summed E-state index contributed by atoms with van der Waals surface area (Å²) in [7, 11) is 0. The van der Waals surface area contributed by atoms with Gasteiger partial charge in [-0.3, -0.25) is 4.79 Å². The molecule has 0 spiro atoms. The van der Waals surface area contributed by atoms with Crippen molar-refractivity contribution < 1.29 is 19.4 Å². The second-order valence-corrected chi connectivity index (χ2v) is 6.39. The molecule has 0 bridgehead atoms. The van der Waals surface area contributed by atoms with Crippen molar-refractivity contribution in [1.29, 1.82) is 0 Å². The van der Waals surface area contributed by atoms with Crippen LogP contribution in [0.15, 0.2) is 42.5 Å². The highest BCUT2D eigenvalue weighted by Gasteiger charge is 2.29. The van der Waals surface area contributed by atoms with Crippen molar-refractivity contribution in [3.8, 4) is 11.5 Å². The molecule has 4 rings (SSSR count). The van der Waals surface area contributed by atoms with E-state index in [1.807, 2.05) is 36.4 Å². The molecular weight excluding hydrogens is 318 g/mol. The van der Waals surface area contributed by atoms with Crippen LogP contribution < -0.4 is 9.47 Å². The standard InChI is InChI=1S/C20H21NO4/c22-13-17-16-3-1-2-4-19(16)25-10-8-21(17)20(23)12-14-5-6-18-15(11-14)7-9-24-18/h1-6,11,17,22H,7-10,12-13H2. The third kappa shape index (κ3) is 3.07. The van der Waals surface area contributed by atoms with Gasteiger partial charge in [0.05, 0.1) is 32.2 Å². The van der Waals surface area contributed by atoms with E-state index in [-0.39, 0.29) is 18.6 Å². The monoisotopic (exact) mass is 339 g/mol. The largest absolute Gasteiger partial charge is 0.493 e. The van der Waals surface area contributed by atoms with Crippen molar-refractivity contribution in [2.24, 2.45) is 0 Å². The van der Waals surface area contributed by atoms with Crippen LogP contribution in [0.5, 0.6) is 11.5 Å². The van der Waals surface area contributed by atoms with Gasteiger partial charge < -0.3 is 19.5 Å². The molecule has 0 radical (unpaired) electrons. The van der Waals surface area contributed by atoms with Crippen molar-refractivity contribution in [1.82, 2.24) is 4.90 Å². The molecule has 130 valence electrons. The summed E-state index contributed by atoms with van der Waals surface area (Å²) in [4.78, 5) is 14.7. The molecule has 5 heteroatoms. The minimum absolute atomic E-state index is 0.00165. The second-order valence-electron chi connectivity index (χ2n) is 6.39. The summed E-state index contributed by atoms with van der Waals surface area (Å²) < 4.78 is 11.3. The van der Waals surface area contributed by atoms with Crippen molar-refractivity contribution >= 4 is 5.91 Å². The Morgan fingerprint density at radius 1 is 1.12 bits per heavy atom. The summed E-state index contributed by atoms with van der Waals surface area (Å²) >= 11 is 0. The zero-order valence-electron chi connectivity index (χ0n) is 14.0. The van der Waals surface area contributed by atoms with E-state index in [4.69, 9.17) is 9.47 Å². The highest BCUT2D eigenvalue weighted by atomic mass is 16.5. The molecule has 0 aliphatic carbocycles. The number of aliphatic hydroxyl groups is 1. The van der Waals surface area contributed by atoms with Crippen molar-refractivity contribution in [2.75, 3.05) is 26.4 Å².